The monoisotopic (exact) mass is 293 g/mol. The minimum absolute atomic E-state index is 0.101. The van der Waals surface area contributed by atoms with Crippen molar-refractivity contribution in [3.05, 3.63) is 18.5 Å². The van der Waals surface area contributed by atoms with Crippen LogP contribution in [0.25, 0.3) is 0 Å². The van der Waals surface area contributed by atoms with Gasteiger partial charge in [-0.25, -0.2) is 0 Å². The highest BCUT2D eigenvalue weighted by molar-refractivity contribution is 5.77. The van der Waals surface area contributed by atoms with Crippen LogP contribution in [-0.2, 0) is 16.1 Å². The van der Waals surface area contributed by atoms with Crippen molar-refractivity contribution in [3.8, 4) is 0 Å². The van der Waals surface area contributed by atoms with Crippen LogP contribution in [0.3, 0.4) is 0 Å². The predicted molar refractivity (Wildman–Crippen MR) is 76.4 cm³/mol. The molecule has 0 aliphatic heterocycles. The standard InChI is InChI=1S/C15H23N3O3/c19-14-7-12(8-18-5-1-4-16-18)6-13(14)17-15(20)10-21-9-11-2-3-11/h1,4-5,11-14,19H,2-3,6-10H2,(H,17,20)/t12?,13-,14-/m1/s1. The lowest BCUT2D eigenvalue weighted by molar-refractivity contribution is -0.127. The zero-order valence-corrected chi connectivity index (χ0v) is 12.1. The fraction of sp³-hybridized carbons (Fsp3) is 0.733. The Bertz CT molecular complexity index is 459. The van der Waals surface area contributed by atoms with E-state index in [4.69, 9.17) is 4.74 Å². The lowest BCUT2D eigenvalue weighted by Gasteiger charge is -2.16. The number of hydrogen-bond acceptors (Lipinski definition) is 4. The fourth-order valence-corrected chi connectivity index (χ4v) is 2.95. The number of aliphatic hydroxyl groups is 1. The number of hydrogen-bond donors (Lipinski definition) is 2. The molecule has 1 heterocycles. The van der Waals surface area contributed by atoms with Crippen LogP contribution < -0.4 is 5.32 Å². The molecule has 0 radical (unpaired) electrons. The lowest BCUT2D eigenvalue weighted by Crippen LogP contribution is -2.41. The van der Waals surface area contributed by atoms with E-state index in [1.807, 2.05) is 16.9 Å². The zero-order valence-electron chi connectivity index (χ0n) is 12.1. The van der Waals surface area contributed by atoms with Crippen molar-refractivity contribution in [2.24, 2.45) is 11.8 Å². The van der Waals surface area contributed by atoms with E-state index < -0.39 is 6.10 Å². The first-order valence-electron chi connectivity index (χ1n) is 7.73. The Morgan fingerprint density at radius 3 is 2.95 bits per heavy atom. The SMILES string of the molecule is O=C(COCC1CC1)N[C@@H]1CC(Cn2cccn2)C[C@H]1O. The Morgan fingerprint density at radius 2 is 2.24 bits per heavy atom. The van der Waals surface area contributed by atoms with E-state index in [2.05, 4.69) is 10.4 Å². The molecule has 1 aromatic rings. The molecule has 3 atom stereocenters. The summed E-state index contributed by atoms with van der Waals surface area (Å²) >= 11 is 0. The smallest absolute Gasteiger partial charge is 0.246 e. The van der Waals surface area contributed by atoms with Crippen molar-refractivity contribution in [2.75, 3.05) is 13.2 Å². The van der Waals surface area contributed by atoms with Crippen molar-refractivity contribution >= 4 is 5.91 Å². The summed E-state index contributed by atoms with van der Waals surface area (Å²) in [6.45, 7) is 1.57. The van der Waals surface area contributed by atoms with Gasteiger partial charge in [-0.2, -0.15) is 5.10 Å². The number of aliphatic hydroxyl groups excluding tert-OH is 1. The molecule has 0 spiro atoms. The molecular formula is C15H23N3O3. The number of carbonyl (C=O) groups is 1. The van der Waals surface area contributed by atoms with Gasteiger partial charge in [0, 0.05) is 18.9 Å². The van der Waals surface area contributed by atoms with Crippen LogP contribution in [0.1, 0.15) is 25.7 Å². The van der Waals surface area contributed by atoms with Gasteiger partial charge in [0.25, 0.3) is 0 Å². The van der Waals surface area contributed by atoms with Gasteiger partial charge in [0.15, 0.2) is 0 Å². The molecule has 2 aliphatic rings. The van der Waals surface area contributed by atoms with E-state index in [9.17, 15) is 9.90 Å². The fourth-order valence-electron chi connectivity index (χ4n) is 2.95. The van der Waals surface area contributed by atoms with Gasteiger partial charge in [0.05, 0.1) is 18.8 Å². The molecule has 2 saturated carbocycles. The quantitative estimate of drug-likeness (QED) is 0.770. The van der Waals surface area contributed by atoms with Crippen molar-refractivity contribution in [1.82, 2.24) is 15.1 Å². The second-order valence-electron chi connectivity index (χ2n) is 6.27. The Kier molecular flexibility index (Phi) is 4.55. The first-order chi connectivity index (χ1) is 10.2. The maximum Gasteiger partial charge on any atom is 0.246 e. The van der Waals surface area contributed by atoms with Gasteiger partial charge < -0.3 is 15.2 Å². The van der Waals surface area contributed by atoms with E-state index in [1.165, 1.54) is 12.8 Å². The van der Waals surface area contributed by atoms with Gasteiger partial charge in [0.1, 0.15) is 6.61 Å². The third kappa shape index (κ3) is 4.28. The minimum Gasteiger partial charge on any atom is -0.391 e. The van der Waals surface area contributed by atoms with E-state index >= 15 is 0 Å². The van der Waals surface area contributed by atoms with Gasteiger partial charge in [-0.3, -0.25) is 9.48 Å². The third-order valence-electron chi connectivity index (χ3n) is 4.26. The van der Waals surface area contributed by atoms with Crippen LogP contribution >= 0.6 is 0 Å². The summed E-state index contributed by atoms with van der Waals surface area (Å²) in [5.41, 5.74) is 0. The van der Waals surface area contributed by atoms with Gasteiger partial charge in [0.2, 0.25) is 5.91 Å². The van der Waals surface area contributed by atoms with Gasteiger partial charge in [-0.15, -0.1) is 0 Å². The molecule has 116 valence electrons. The summed E-state index contributed by atoms with van der Waals surface area (Å²) in [5, 5.41) is 17.1. The van der Waals surface area contributed by atoms with Crippen LogP contribution in [0.15, 0.2) is 18.5 Å². The van der Waals surface area contributed by atoms with Crippen LogP contribution in [0, 0.1) is 11.8 Å². The van der Waals surface area contributed by atoms with Crippen LogP contribution in [0.4, 0.5) is 0 Å². The van der Waals surface area contributed by atoms with E-state index in [1.54, 1.807) is 6.20 Å². The van der Waals surface area contributed by atoms with Gasteiger partial charge >= 0.3 is 0 Å². The van der Waals surface area contributed by atoms with E-state index in [0.717, 1.165) is 13.0 Å². The van der Waals surface area contributed by atoms with E-state index in [-0.39, 0.29) is 18.6 Å². The molecule has 3 rings (SSSR count). The molecule has 21 heavy (non-hydrogen) atoms. The molecule has 0 aromatic carbocycles. The molecule has 2 aliphatic carbocycles. The summed E-state index contributed by atoms with van der Waals surface area (Å²) in [5.74, 6) is 0.880. The summed E-state index contributed by atoms with van der Waals surface area (Å²) in [6.07, 6.45) is 7.13. The highest BCUT2D eigenvalue weighted by Gasteiger charge is 2.34. The second kappa shape index (κ2) is 6.58. The van der Waals surface area contributed by atoms with Crippen LogP contribution in [0.2, 0.25) is 0 Å². The zero-order chi connectivity index (χ0) is 14.7. The number of amides is 1. The van der Waals surface area contributed by atoms with Gasteiger partial charge in [-0.1, -0.05) is 0 Å². The van der Waals surface area contributed by atoms with Gasteiger partial charge in [-0.05, 0) is 43.6 Å². The Balaban J connectivity index is 1.39. The molecule has 2 N–H and O–H groups in total. The maximum atomic E-state index is 11.8. The van der Waals surface area contributed by atoms with E-state index in [0.29, 0.717) is 24.9 Å². The predicted octanol–water partition coefficient (Wildman–Crippen LogP) is 0.565. The first kappa shape index (κ1) is 14.5. The van der Waals surface area contributed by atoms with Crippen molar-refractivity contribution < 1.29 is 14.6 Å². The summed E-state index contributed by atoms with van der Waals surface area (Å²) < 4.78 is 7.24. The Hall–Kier alpha value is -1.40. The van der Waals surface area contributed by atoms with Crippen molar-refractivity contribution in [2.45, 2.75) is 44.4 Å². The molecule has 1 aromatic heterocycles. The number of rotatable bonds is 7. The highest BCUT2D eigenvalue weighted by Crippen LogP contribution is 2.29. The van der Waals surface area contributed by atoms with Crippen LogP contribution in [0.5, 0.6) is 0 Å². The highest BCUT2D eigenvalue weighted by atomic mass is 16.5. The Morgan fingerprint density at radius 1 is 1.38 bits per heavy atom. The third-order valence-corrected chi connectivity index (χ3v) is 4.26. The molecule has 1 unspecified atom stereocenters. The number of aromatic nitrogens is 2. The molecule has 6 heteroatoms. The Labute approximate surface area is 124 Å². The number of carbonyl (C=O) groups excluding carboxylic acids is 1. The maximum absolute atomic E-state index is 11.8. The molecule has 0 bridgehead atoms. The molecule has 0 saturated heterocycles. The first-order valence-corrected chi connectivity index (χ1v) is 7.73. The number of nitrogens with zero attached hydrogens (tertiary/aromatic N) is 2. The average Bonchev–Trinajstić information content (AvgIpc) is 3.00. The number of nitrogens with one attached hydrogen (secondary N) is 1. The van der Waals surface area contributed by atoms with Crippen LogP contribution in [-0.4, -0.2) is 46.2 Å². The number of ether oxygens (including phenoxy) is 1. The minimum atomic E-state index is -0.474. The average molecular weight is 293 g/mol. The lowest BCUT2D eigenvalue weighted by atomic mass is 10.1. The molecule has 1 amide bonds. The van der Waals surface area contributed by atoms with Crippen molar-refractivity contribution in [1.29, 1.82) is 0 Å². The normalized spacial score (nSPS) is 28.7. The molecule has 2 fully saturated rings. The molecular weight excluding hydrogens is 270 g/mol. The molecule has 6 nitrogen and oxygen atoms in total. The largest absolute Gasteiger partial charge is 0.391 e. The van der Waals surface area contributed by atoms with Crippen molar-refractivity contribution in [3.63, 3.8) is 0 Å². The second-order valence-corrected chi connectivity index (χ2v) is 6.27. The summed E-state index contributed by atoms with van der Waals surface area (Å²) in [6, 6.07) is 1.73. The summed E-state index contributed by atoms with van der Waals surface area (Å²) in [7, 11) is 0. The topological polar surface area (TPSA) is 76.4 Å². The summed E-state index contributed by atoms with van der Waals surface area (Å²) in [4.78, 5) is 11.8.